The fourth-order valence-electron chi connectivity index (χ4n) is 2.59. The van der Waals surface area contributed by atoms with E-state index in [0.29, 0.717) is 0 Å². The Morgan fingerprint density at radius 1 is 1.08 bits per heavy atom. The predicted molar refractivity (Wildman–Crippen MR) is 58.8 cm³/mol. The van der Waals surface area contributed by atoms with Crippen molar-refractivity contribution in [2.45, 2.75) is 45.7 Å². The third kappa shape index (κ3) is 1.20. The number of rotatable bonds is 2. The first-order valence-electron chi connectivity index (χ1n) is 4.88. The van der Waals surface area contributed by atoms with Crippen molar-refractivity contribution in [3.63, 3.8) is 0 Å². The van der Waals surface area contributed by atoms with Crippen LogP contribution in [0.15, 0.2) is 23.0 Å². The highest BCUT2D eigenvalue weighted by molar-refractivity contribution is 6.93. The maximum absolute atomic E-state index is 2.51. The largest absolute Gasteiger partial charge is 0.110 e. The van der Waals surface area contributed by atoms with Gasteiger partial charge in [-0.2, -0.15) is 0 Å². The molecule has 0 atom stereocenters. The first-order valence-corrected chi connectivity index (χ1v) is 7.11. The highest BCUT2D eigenvalue weighted by Crippen LogP contribution is 2.41. The average Bonchev–Trinajstić information content (AvgIpc) is 2.31. The second kappa shape index (κ2) is 3.21. The Morgan fingerprint density at radius 2 is 1.58 bits per heavy atom. The molecule has 0 radical (unpaired) electrons. The molecule has 0 saturated heterocycles. The van der Waals surface area contributed by atoms with E-state index in [9.17, 15) is 0 Å². The quantitative estimate of drug-likeness (QED) is 0.566. The van der Waals surface area contributed by atoms with Crippen molar-refractivity contribution in [3.05, 3.63) is 23.0 Å². The van der Waals surface area contributed by atoms with Crippen molar-refractivity contribution >= 4 is 8.07 Å². The zero-order chi connectivity index (χ0) is 9.35. The van der Waals surface area contributed by atoms with E-state index in [2.05, 4.69) is 52.5 Å². The first kappa shape index (κ1) is 9.78. The van der Waals surface area contributed by atoms with Gasteiger partial charge in [0.25, 0.3) is 0 Å². The zero-order valence-electron chi connectivity index (χ0n) is 8.89. The average molecular weight is 180 g/mol. The van der Waals surface area contributed by atoms with Crippen LogP contribution in [0.2, 0.25) is 11.1 Å². The van der Waals surface area contributed by atoms with Crippen LogP contribution in [0.25, 0.3) is 0 Å². The minimum atomic E-state index is -1.21. The van der Waals surface area contributed by atoms with Crippen LogP contribution in [-0.2, 0) is 0 Å². The molecule has 0 saturated carbocycles. The summed E-state index contributed by atoms with van der Waals surface area (Å²) in [6, 6.07) is 0. The lowest BCUT2D eigenvalue weighted by Gasteiger charge is -2.35. The lowest BCUT2D eigenvalue weighted by atomic mass is 10.5. The second-order valence-electron chi connectivity index (χ2n) is 4.45. The summed E-state index contributed by atoms with van der Waals surface area (Å²) in [5.41, 5.74) is 4.19. The van der Waals surface area contributed by atoms with Gasteiger partial charge in [-0.3, -0.25) is 0 Å². The highest BCUT2D eigenvalue weighted by Gasteiger charge is 2.40. The third-order valence-electron chi connectivity index (χ3n) is 3.31. The summed E-state index contributed by atoms with van der Waals surface area (Å²) in [7, 11) is -1.21. The van der Waals surface area contributed by atoms with Crippen molar-refractivity contribution in [1.82, 2.24) is 0 Å². The highest BCUT2D eigenvalue weighted by atomic mass is 28.3. The van der Waals surface area contributed by atoms with Gasteiger partial charge >= 0.3 is 0 Å². The summed E-state index contributed by atoms with van der Waals surface area (Å²) >= 11 is 0. The molecule has 1 aliphatic heterocycles. The Kier molecular flexibility index (Phi) is 2.62. The summed E-state index contributed by atoms with van der Waals surface area (Å²) in [5, 5.41) is 1.66. The van der Waals surface area contributed by atoms with Crippen LogP contribution in [0, 0.1) is 0 Å². The van der Waals surface area contributed by atoms with Gasteiger partial charge in [0.05, 0.1) is 0 Å². The van der Waals surface area contributed by atoms with Gasteiger partial charge in [-0.15, -0.1) is 0 Å². The third-order valence-corrected chi connectivity index (χ3v) is 9.41. The van der Waals surface area contributed by atoms with Crippen LogP contribution in [-0.4, -0.2) is 8.07 Å². The monoisotopic (exact) mass is 180 g/mol. The normalized spacial score (nSPS) is 20.8. The minimum absolute atomic E-state index is 0.840. The predicted octanol–water partition coefficient (Wildman–Crippen LogP) is 3.85. The van der Waals surface area contributed by atoms with Crippen LogP contribution in [0.1, 0.15) is 34.6 Å². The van der Waals surface area contributed by atoms with Crippen LogP contribution in [0.4, 0.5) is 0 Å². The molecular formula is C11H20Si. The van der Waals surface area contributed by atoms with E-state index >= 15 is 0 Å². The molecule has 0 aromatic carbocycles. The molecule has 1 rings (SSSR count). The Hall–Kier alpha value is -0.303. The van der Waals surface area contributed by atoms with Crippen LogP contribution < -0.4 is 0 Å². The van der Waals surface area contributed by atoms with Crippen molar-refractivity contribution < 1.29 is 0 Å². The fourth-order valence-corrected chi connectivity index (χ4v) is 7.58. The summed E-state index contributed by atoms with van der Waals surface area (Å²) in [6.45, 7) is 11.8. The molecule has 0 unspecified atom stereocenters. The zero-order valence-corrected chi connectivity index (χ0v) is 9.89. The molecule has 0 aromatic heterocycles. The molecule has 0 aromatic rings. The van der Waals surface area contributed by atoms with Crippen LogP contribution in [0.3, 0.4) is 0 Å². The lowest BCUT2D eigenvalue weighted by molar-refractivity contribution is 0.918. The molecule has 0 fully saturated rings. The Labute approximate surface area is 77.4 Å². The van der Waals surface area contributed by atoms with Crippen molar-refractivity contribution in [3.8, 4) is 0 Å². The van der Waals surface area contributed by atoms with E-state index in [1.165, 1.54) is 0 Å². The van der Waals surface area contributed by atoms with Crippen LogP contribution in [0.5, 0.6) is 0 Å². The molecule has 1 aliphatic rings. The molecule has 0 amide bonds. The summed E-state index contributed by atoms with van der Waals surface area (Å²) in [6.07, 6.45) is 4.58. The van der Waals surface area contributed by atoms with Gasteiger partial charge < -0.3 is 0 Å². The van der Waals surface area contributed by atoms with Crippen molar-refractivity contribution in [2.75, 3.05) is 0 Å². The second-order valence-corrected chi connectivity index (χ2v) is 9.75. The van der Waals surface area contributed by atoms with Gasteiger partial charge in [-0.1, -0.05) is 50.7 Å². The molecule has 1 heterocycles. The van der Waals surface area contributed by atoms with Gasteiger partial charge in [0, 0.05) is 0 Å². The van der Waals surface area contributed by atoms with Gasteiger partial charge in [0.2, 0.25) is 0 Å². The van der Waals surface area contributed by atoms with Gasteiger partial charge in [-0.25, -0.2) is 0 Å². The molecule has 0 nitrogen and oxygen atoms in total. The number of hydrogen-bond acceptors (Lipinski definition) is 0. The smallest absolute Gasteiger partial charge is 0.0898 e. The summed E-state index contributed by atoms with van der Waals surface area (Å²) in [5.74, 6) is 0. The van der Waals surface area contributed by atoms with E-state index < -0.39 is 8.07 Å². The Bertz CT molecular complexity index is 213. The van der Waals surface area contributed by atoms with Gasteiger partial charge in [0.1, 0.15) is 8.07 Å². The van der Waals surface area contributed by atoms with E-state index in [4.69, 9.17) is 0 Å². The molecule has 68 valence electrons. The van der Waals surface area contributed by atoms with Crippen LogP contribution >= 0.6 is 0 Å². The van der Waals surface area contributed by atoms with E-state index in [0.717, 1.165) is 11.1 Å². The molecule has 0 N–H and O–H groups in total. The maximum Gasteiger partial charge on any atom is 0.110 e. The molecule has 0 bridgehead atoms. The first-order chi connectivity index (χ1) is 5.51. The standard InChI is InChI=1S/C11H20Si/c1-9(2)12(10(3)4)8-6-7-11(12)5/h6-10H,1-5H3. The van der Waals surface area contributed by atoms with Gasteiger partial charge in [-0.05, 0) is 18.0 Å². The van der Waals surface area contributed by atoms with Crippen molar-refractivity contribution in [1.29, 1.82) is 0 Å². The van der Waals surface area contributed by atoms with E-state index in [1.54, 1.807) is 5.20 Å². The fraction of sp³-hybridized carbons (Fsp3) is 0.636. The van der Waals surface area contributed by atoms with Gasteiger partial charge in [0.15, 0.2) is 0 Å². The number of allylic oxidation sites excluding steroid dienone is 3. The van der Waals surface area contributed by atoms with E-state index in [-0.39, 0.29) is 0 Å². The molecule has 12 heavy (non-hydrogen) atoms. The lowest BCUT2D eigenvalue weighted by Crippen LogP contribution is -2.39. The summed E-state index contributed by atoms with van der Waals surface area (Å²) in [4.78, 5) is 0. The minimum Gasteiger partial charge on any atom is -0.0898 e. The number of hydrogen-bond donors (Lipinski definition) is 0. The molecular weight excluding hydrogens is 160 g/mol. The Morgan fingerprint density at radius 3 is 1.75 bits per heavy atom. The Balaban J connectivity index is 3.04. The van der Waals surface area contributed by atoms with E-state index in [1.807, 2.05) is 0 Å². The van der Waals surface area contributed by atoms with Crippen molar-refractivity contribution in [2.24, 2.45) is 0 Å². The SMILES string of the molecule is CC1=CC=C[Si]1(C(C)C)C(C)C. The molecule has 0 spiro atoms. The maximum atomic E-state index is 2.51. The molecule has 0 aliphatic carbocycles. The summed E-state index contributed by atoms with van der Waals surface area (Å²) < 4.78 is 0. The topological polar surface area (TPSA) is 0 Å². The molecule has 1 heteroatoms.